The average molecular weight is 284 g/mol. The van der Waals surface area contributed by atoms with Crippen LogP contribution in [0, 0.1) is 0 Å². The first-order valence-corrected chi connectivity index (χ1v) is 6.59. The SMILES string of the molecule is CN(c1ccc(Cl)cc1C(N)=NO)C1CCOCC1. The number of hydrogen-bond donors (Lipinski definition) is 2. The first kappa shape index (κ1) is 14.0. The van der Waals surface area contributed by atoms with E-state index < -0.39 is 0 Å². The molecule has 0 aromatic heterocycles. The van der Waals surface area contributed by atoms with Crippen LogP contribution in [0.4, 0.5) is 5.69 Å². The van der Waals surface area contributed by atoms with E-state index in [9.17, 15) is 0 Å². The minimum atomic E-state index is 0.0661. The van der Waals surface area contributed by atoms with Crippen LogP contribution < -0.4 is 10.6 Å². The number of halogens is 1. The Balaban J connectivity index is 2.32. The predicted octanol–water partition coefficient (Wildman–Crippen LogP) is 2.05. The monoisotopic (exact) mass is 283 g/mol. The van der Waals surface area contributed by atoms with Crippen LogP contribution in [0.15, 0.2) is 23.4 Å². The molecule has 0 aliphatic carbocycles. The maximum absolute atomic E-state index is 8.88. The van der Waals surface area contributed by atoms with Crippen molar-refractivity contribution in [3.8, 4) is 0 Å². The lowest BCUT2D eigenvalue weighted by Gasteiger charge is -2.34. The van der Waals surface area contributed by atoms with Crippen molar-refractivity contribution in [3.05, 3.63) is 28.8 Å². The van der Waals surface area contributed by atoms with Gasteiger partial charge in [0.2, 0.25) is 0 Å². The quantitative estimate of drug-likeness (QED) is 0.385. The Morgan fingerprint density at radius 2 is 2.16 bits per heavy atom. The average Bonchev–Trinajstić information content (AvgIpc) is 2.46. The smallest absolute Gasteiger partial charge is 0.172 e. The normalized spacial score (nSPS) is 17.5. The minimum Gasteiger partial charge on any atom is -0.409 e. The van der Waals surface area contributed by atoms with Crippen molar-refractivity contribution in [2.24, 2.45) is 10.9 Å². The fourth-order valence-electron chi connectivity index (χ4n) is 2.34. The lowest BCUT2D eigenvalue weighted by Crippen LogP contribution is -2.37. The van der Waals surface area contributed by atoms with Gasteiger partial charge in [0.1, 0.15) is 0 Å². The molecule has 1 heterocycles. The van der Waals surface area contributed by atoms with E-state index >= 15 is 0 Å². The molecule has 5 nitrogen and oxygen atoms in total. The molecule has 0 saturated carbocycles. The second-order valence-electron chi connectivity index (χ2n) is 4.60. The highest BCUT2D eigenvalue weighted by Crippen LogP contribution is 2.27. The van der Waals surface area contributed by atoms with Gasteiger partial charge in [-0.1, -0.05) is 16.8 Å². The summed E-state index contributed by atoms with van der Waals surface area (Å²) >= 11 is 5.98. The third-order valence-electron chi connectivity index (χ3n) is 3.46. The summed E-state index contributed by atoms with van der Waals surface area (Å²) < 4.78 is 5.37. The van der Waals surface area contributed by atoms with Crippen LogP contribution in [-0.2, 0) is 4.74 Å². The van der Waals surface area contributed by atoms with Gasteiger partial charge in [-0.2, -0.15) is 0 Å². The maximum Gasteiger partial charge on any atom is 0.172 e. The van der Waals surface area contributed by atoms with Gasteiger partial charge in [-0.3, -0.25) is 0 Å². The molecule has 2 rings (SSSR count). The van der Waals surface area contributed by atoms with Crippen molar-refractivity contribution in [2.45, 2.75) is 18.9 Å². The fourth-order valence-corrected chi connectivity index (χ4v) is 2.52. The topological polar surface area (TPSA) is 71.1 Å². The van der Waals surface area contributed by atoms with E-state index in [1.807, 2.05) is 13.1 Å². The number of rotatable bonds is 3. The molecule has 1 aromatic carbocycles. The molecule has 0 unspecified atom stereocenters. The molecule has 1 aromatic rings. The van der Waals surface area contributed by atoms with Gasteiger partial charge in [-0.05, 0) is 31.0 Å². The van der Waals surface area contributed by atoms with Gasteiger partial charge in [0.25, 0.3) is 0 Å². The standard InChI is InChI=1S/C13H18ClN3O2/c1-17(10-4-6-19-7-5-10)12-3-2-9(14)8-11(12)13(15)16-18/h2-3,8,10,18H,4-7H2,1H3,(H2,15,16). The van der Waals surface area contributed by atoms with Crippen molar-refractivity contribution in [3.63, 3.8) is 0 Å². The second kappa shape index (κ2) is 6.12. The summed E-state index contributed by atoms with van der Waals surface area (Å²) in [6.07, 6.45) is 1.93. The third-order valence-corrected chi connectivity index (χ3v) is 3.70. The van der Waals surface area contributed by atoms with E-state index in [4.69, 9.17) is 27.3 Å². The summed E-state index contributed by atoms with van der Waals surface area (Å²) in [6.45, 7) is 1.53. The zero-order chi connectivity index (χ0) is 13.8. The van der Waals surface area contributed by atoms with Crippen molar-refractivity contribution in [2.75, 3.05) is 25.2 Å². The number of nitrogens with zero attached hydrogens (tertiary/aromatic N) is 2. The number of amidine groups is 1. The van der Waals surface area contributed by atoms with Gasteiger partial charge in [-0.25, -0.2) is 0 Å². The van der Waals surface area contributed by atoms with E-state index in [-0.39, 0.29) is 5.84 Å². The van der Waals surface area contributed by atoms with E-state index in [0.29, 0.717) is 16.6 Å². The summed E-state index contributed by atoms with van der Waals surface area (Å²) in [5, 5.41) is 12.5. The van der Waals surface area contributed by atoms with Gasteiger partial charge >= 0.3 is 0 Å². The van der Waals surface area contributed by atoms with Crippen LogP contribution >= 0.6 is 11.6 Å². The van der Waals surface area contributed by atoms with Gasteiger partial charge in [0.15, 0.2) is 5.84 Å². The zero-order valence-corrected chi connectivity index (χ0v) is 11.6. The van der Waals surface area contributed by atoms with Gasteiger partial charge in [-0.15, -0.1) is 0 Å². The Morgan fingerprint density at radius 1 is 1.47 bits per heavy atom. The number of nitrogens with two attached hydrogens (primary N) is 1. The Hall–Kier alpha value is -1.46. The lowest BCUT2D eigenvalue weighted by atomic mass is 10.0. The van der Waals surface area contributed by atoms with Crippen molar-refractivity contribution < 1.29 is 9.94 Å². The third kappa shape index (κ3) is 3.11. The number of anilines is 1. The van der Waals surface area contributed by atoms with Crippen LogP contribution in [0.3, 0.4) is 0 Å². The summed E-state index contributed by atoms with van der Waals surface area (Å²) in [4.78, 5) is 2.15. The van der Waals surface area contributed by atoms with Crippen molar-refractivity contribution in [1.29, 1.82) is 0 Å². The first-order chi connectivity index (χ1) is 9.13. The molecule has 0 radical (unpaired) electrons. The highest BCUT2D eigenvalue weighted by Gasteiger charge is 2.21. The Kier molecular flexibility index (Phi) is 4.50. The van der Waals surface area contributed by atoms with Gasteiger partial charge in [0, 0.05) is 42.6 Å². The van der Waals surface area contributed by atoms with E-state index in [1.54, 1.807) is 12.1 Å². The molecule has 1 fully saturated rings. The fraction of sp³-hybridized carbons (Fsp3) is 0.462. The van der Waals surface area contributed by atoms with Gasteiger partial charge < -0.3 is 20.6 Å². The Morgan fingerprint density at radius 3 is 2.79 bits per heavy atom. The lowest BCUT2D eigenvalue weighted by molar-refractivity contribution is 0.0855. The highest BCUT2D eigenvalue weighted by atomic mass is 35.5. The molecule has 104 valence electrons. The molecular formula is C13H18ClN3O2. The predicted molar refractivity (Wildman–Crippen MR) is 76.2 cm³/mol. The number of benzene rings is 1. The number of ether oxygens (including phenoxy) is 1. The van der Waals surface area contributed by atoms with E-state index in [1.165, 1.54) is 0 Å². The van der Waals surface area contributed by atoms with Gasteiger partial charge in [0.05, 0.1) is 0 Å². The first-order valence-electron chi connectivity index (χ1n) is 6.21. The molecule has 1 saturated heterocycles. The van der Waals surface area contributed by atoms with Crippen LogP contribution in [0.1, 0.15) is 18.4 Å². The highest BCUT2D eigenvalue weighted by molar-refractivity contribution is 6.31. The molecule has 0 amide bonds. The molecule has 1 aliphatic heterocycles. The molecule has 1 aliphatic rings. The summed E-state index contributed by atoms with van der Waals surface area (Å²) in [5.41, 5.74) is 7.27. The molecule has 6 heteroatoms. The molecule has 0 atom stereocenters. The van der Waals surface area contributed by atoms with Crippen LogP contribution in [0.2, 0.25) is 5.02 Å². The molecule has 19 heavy (non-hydrogen) atoms. The van der Waals surface area contributed by atoms with Crippen LogP contribution in [0.25, 0.3) is 0 Å². The van der Waals surface area contributed by atoms with Crippen LogP contribution in [-0.4, -0.2) is 37.3 Å². The molecule has 0 spiro atoms. The van der Waals surface area contributed by atoms with Crippen molar-refractivity contribution >= 4 is 23.1 Å². The second-order valence-corrected chi connectivity index (χ2v) is 5.04. The molecule has 0 bridgehead atoms. The van der Waals surface area contributed by atoms with Crippen LogP contribution in [0.5, 0.6) is 0 Å². The molecule has 3 N–H and O–H groups in total. The molecular weight excluding hydrogens is 266 g/mol. The minimum absolute atomic E-state index is 0.0661. The van der Waals surface area contributed by atoms with E-state index in [0.717, 1.165) is 31.7 Å². The number of hydrogen-bond acceptors (Lipinski definition) is 4. The number of oxime groups is 1. The Labute approximate surface area is 117 Å². The maximum atomic E-state index is 8.88. The summed E-state index contributed by atoms with van der Waals surface area (Å²) in [5.74, 6) is 0.0661. The zero-order valence-electron chi connectivity index (χ0n) is 10.8. The summed E-state index contributed by atoms with van der Waals surface area (Å²) in [6, 6.07) is 5.80. The summed E-state index contributed by atoms with van der Waals surface area (Å²) in [7, 11) is 2.01. The van der Waals surface area contributed by atoms with E-state index in [2.05, 4.69) is 10.1 Å². The van der Waals surface area contributed by atoms with Crippen molar-refractivity contribution in [1.82, 2.24) is 0 Å². The largest absolute Gasteiger partial charge is 0.409 e. The Bertz CT molecular complexity index is 473.